The molecule has 2 N–H and O–H groups in total. The van der Waals surface area contributed by atoms with Gasteiger partial charge in [0.2, 0.25) is 0 Å². The number of anilines is 1. The van der Waals surface area contributed by atoms with Crippen LogP contribution in [-0.2, 0) is 4.79 Å². The lowest BCUT2D eigenvalue weighted by atomic mass is 10.1. The summed E-state index contributed by atoms with van der Waals surface area (Å²) in [4.78, 5) is 47.5. The number of hydrogen-bond acceptors (Lipinski definition) is 6. The molecular weight excluding hydrogens is 397 g/mol. The number of carbonyl (C=O) groups is 1. The first-order chi connectivity index (χ1) is 14.0. The van der Waals surface area contributed by atoms with Crippen LogP contribution in [0.1, 0.15) is 25.3 Å². The van der Waals surface area contributed by atoms with Gasteiger partial charge in [0.1, 0.15) is 11.9 Å². The molecule has 1 atom stereocenters. The zero-order valence-electron chi connectivity index (χ0n) is 15.6. The zero-order chi connectivity index (χ0) is 20.4. The lowest BCUT2D eigenvalue weighted by Crippen LogP contribution is -2.48. The Morgan fingerprint density at radius 1 is 1.28 bits per heavy atom. The Morgan fingerprint density at radius 3 is 2.79 bits per heavy atom. The number of halogens is 1. The lowest BCUT2D eigenvalue weighted by molar-refractivity contribution is -0.120. The smallest absolute Gasteiger partial charge is 0.307 e. The molecule has 1 aliphatic heterocycles. The van der Waals surface area contributed by atoms with Crippen LogP contribution >= 0.6 is 11.3 Å². The van der Waals surface area contributed by atoms with E-state index in [1.54, 1.807) is 11.6 Å². The predicted molar refractivity (Wildman–Crippen MR) is 109 cm³/mol. The van der Waals surface area contributed by atoms with Gasteiger partial charge in [-0.2, -0.15) is 0 Å². The summed E-state index contributed by atoms with van der Waals surface area (Å²) in [6.45, 7) is 1.78. The third-order valence-electron chi connectivity index (χ3n) is 5.05. The predicted octanol–water partition coefficient (Wildman–Crippen LogP) is 1.95. The molecule has 4 rings (SSSR count). The van der Waals surface area contributed by atoms with Gasteiger partial charge in [0.05, 0.1) is 10.9 Å². The molecule has 8 nitrogen and oxygen atoms in total. The fourth-order valence-corrected chi connectivity index (χ4v) is 4.16. The van der Waals surface area contributed by atoms with Gasteiger partial charge in [0.25, 0.3) is 11.5 Å². The van der Waals surface area contributed by atoms with Crippen LogP contribution in [0.15, 0.2) is 39.4 Å². The van der Waals surface area contributed by atoms with Crippen molar-refractivity contribution in [3.63, 3.8) is 0 Å². The Morgan fingerprint density at radius 2 is 2.07 bits per heavy atom. The summed E-state index contributed by atoms with van der Waals surface area (Å²) in [7, 11) is 0. The number of rotatable bonds is 5. The van der Waals surface area contributed by atoms with Gasteiger partial charge in [0, 0.05) is 18.1 Å². The third kappa shape index (κ3) is 4.13. The van der Waals surface area contributed by atoms with E-state index in [1.807, 2.05) is 0 Å². The van der Waals surface area contributed by atoms with Crippen LogP contribution in [0.25, 0.3) is 10.9 Å². The van der Waals surface area contributed by atoms with Crippen molar-refractivity contribution >= 4 is 33.3 Å². The highest BCUT2D eigenvalue weighted by molar-refractivity contribution is 7.13. The van der Waals surface area contributed by atoms with Gasteiger partial charge < -0.3 is 15.2 Å². The fourth-order valence-electron chi connectivity index (χ4n) is 3.63. The van der Waals surface area contributed by atoms with Crippen molar-refractivity contribution in [1.29, 1.82) is 0 Å². The molecular formula is C19H20FN5O3S. The zero-order valence-corrected chi connectivity index (χ0v) is 16.4. The third-order valence-corrected chi connectivity index (χ3v) is 5.74. The maximum absolute atomic E-state index is 13.7. The molecule has 1 fully saturated rings. The van der Waals surface area contributed by atoms with Crippen LogP contribution in [0.3, 0.4) is 0 Å². The van der Waals surface area contributed by atoms with Crippen LogP contribution in [0.4, 0.5) is 9.52 Å². The normalized spacial score (nSPS) is 16.0. The lowest BCUT2D eigenvalue weighted by Gasteiger charge is -2.30. The number of thiazole rings is 1. The first kappa shape index (κ1) is 19.5. The molecule has 3 aromatic rings. The Balaban J connectivity index is 1.78. The SMILES string of the molecule is O=C(Nc1nccs1)C(CN1CCCCC1)n1c(=O)[nH]c2ccc(F)cc2c1=O. The van der Waals surface area contributed by atoms with Crippen molar-refractivity contribution in [2.45, 2.75) is 25.3 Å². The summed E-state index contributed by atoms with van der Waals surface area (Å²) in [6.07, 6.45) is 4.66. The van der Waals surface area contributed by atoms with E-state index in [1.165, 1.54) is 23.5 Å². The number of amides is 1. The molecule has 1 aromatic carbocycles. The highest BCUT2D eigenvalue weighted by atomic mass is 32.1. The second-order valence-corrected chi connectivity index (χ2v) is 7.89. The van der Waals surface area contributed by atoms with E-state index in [9.17, 15) is 18.8 Å². The van der Waals surface area contributed by atoms with E-state index in [-0.39, 0.29) is 17.4 Å². The number of benzene rings is 1. The van der Waals surface area contributed by atoms with Gasteiger partial charge in [-0.25, -0.2) is 18.7 Å². The Labute approximate surface area is 169 Å². The van der Waals surface area contributed by atoms with Crippen molar-refractivity contribution < 1.29 is 9.18 Å². The monoisotopic (exact) mass is 417 g/mol. The average molecular weight is 417 g/mol. The first-order valence-electron chi connectivity index (χ1n) is 9.40. The van der Waals surface area contributed by atoms with Crippen LogP contribution in [-0.4, -0.2) is 45.0 Å². The van der Waals surface area contributed by atoms with Gasteiger partial charge in [-0.15, -0.1) is 11.3 Å². The number of hydrogen-bond donors (Lipinski definition) is 2. The van der Waals surface area contributed by atoms with E-state index >= 15 is 0 Å². The first-order valence-corrected chi connectivity index (χ1v) is 10.3. The fraction of sp³-hybridized carbons (Fsp3) is 0.368. The minimum absolute atomic E-state index is 0.0234. The number of H-pyrrole nitrogens is 1. The molecule has 0 aliphatic carbocycles. The quantitative estimate of drug-likeness (QED) is 0.661. The Hall–Kier alpha value is -2.85. The highest BCUT2D eigenvalue weighted by Gasteiger charge is 2.28. The number of aromatic amines is 1. The summed E-state index contributed by atoms with van der Waals surface area (Å²) in [5.41, 5.74) is -1.17. The molecule has 152 valence electrons. The Kier molecular flexibility index (Phi) is 5.54. The molecule has 0 spiro atoms. The van der Waals surface area contributed by atoms with E-state index in [4.69, 9.17) is 0 Å². The minimum Gasteiger partial charge on any atom is -0.307 e. The Bertz CT molecular complexity index is 1130. The topological polar surface area (TPSA) is 100 Å². The number of aromatic nitrogens is 3. The molecule has 10 heteroatoms. The molecule has 3 heterocycles. The van der Waals surface area contributed by atoms with Gasteiger partial charge in [0.15, 0.2) is 5.13 Å². The van der Waals surface area contributed by atoms with Gasteiger partial charge in [-0.05, 0) is 44.1 Å². The van der Waals surface area contributed by atoms with E-state index in [0.717, 1.165) is 43.0 Å². The molecule has 0 saturated carbocycles. The van der Waals surface area contributed by atoms with Gasteiger partial charge in [-0.1, -0.05) is 6.42 Å². The number of fused-ring (bicyclic) bond motifs is 1. The number of nitrogens with one attached hydrogen (secondary N) is 2. The van der Waals surface area contributed by atoms with Crippen molar-refractivity contribution in [2.24, 2.45) is 0 Å². The molecule has 0 bridgehead atoms. The van der Waals surface area contributed by atoms with Crippen LogP contribution in [0, 0.1) is 5.82 Å². The van der Waals surface area contributed by atoms with E-state index < -0.39 is 29.0 Å². The van der Waals surface area contributed by atoms with Crippen molar-refractivity contribution in [3.05, 3.63) is 56.4 Å². The van der Waals surface area contributed by atoms with E-state index in [0.29, 0.717) is 5.13 Å². The number of piperidine rings is 1. The standard InChI is InChI=1S/C19H20FN5O3S/c20-12-4-5-14-13(10-12)17(27)25(19(28)22-14)15(11-24-7-2-1-3-8-24)16(26)23-18-21-6-9-29-18/h4-6,9-10,15H,1-3,7-8,11H2,(H,22,28)(H,21,23,26). The van der Waals surface area contributed by atoms with Crippen LogP contribution in [0.2, 0.25) is 0 Å². The molecule has 1 amide bonds. The summed E-state index contributed by atoms with van der Waals surface area (Å²) < 4.78 is 14.6. The number of nitrogens with zero attached hydrogens (tertiary/aromatic N) is 3. The molecule has 29 heavy (non-hydrogen) atoms. The van der Waals surface area contributed by atoms with Gasteiger partial charge >= 0.3 is 5.69 Å². The molecule has 1 saturated heterocycles. The second-order valence-electron chi connectivity index (χ2n) is 7.00. The maximum atomic E-state index is 13.7. The van der Waals surface area contributed by atoms with Crippen molar-refractivity contribution in [3.8, 4) is 0 Å². The largest absolute Gasteiger partial charge is 0.329 e. The molecule has 1 unspecified atom stereocenters. The van der Waals surface area contributed by atoms with Crippen LogP contribution < -0.4 is 16.6 Å². The minimum atomic E-state index is -1.07. The number of carbonyl (C=O) groups excluding carboxylic acids is 1. The second kappa shape index (κ2) is 8.26. The summed E-state index contributed by atoms with van der Waals surface area (Å²) in [5, 5.41) is 4.80. The van der Waals surface area contributed by atoms with Crippen molar-refractivity contribution in [1.82, 2.24) is 19.4 Å². The molecule has 0 radical (unpaired) electrons. The van der Waals surface area contributed by atoms with E-state index in [2.05, 4.69) is 20.2 Å². The maximum Gasteiger partial charge on any atom is 0.329 e. The summed E-state index contributed by atoms with van der Waals surface area (Å²) in [6, 6.07) is 2.51. The average Bonchev–Trinajstić information content (AvgIpc) is 3.21. The van der Waals surface area contributed by atoms with Crippen molar-refractivity contribution in [2.75, 3.05) is 25.0 Å². The summed E-state index contributed by atoms with van der Waals surface area (Å²) in [5.74, 6) is -1.10. The molecule has 1 aliphatic rings. The van der Waals surface area contributed by atoms with Crippen LogP contribution in [0.5, 0.6) is 0 Å². The highest BCUT2D eigenvalue weighted by Crippen LogP contribution is 2.17. The number of likely N-dealkylation sites (tertiary alicyclic amines) is 1. The summed E-state index contributed by atoms with van der Waals surface area (Å²) >= 11 is 1.24. The molecule has 2 aromatic heterocycles. The van der Waals surface area contributed by atoms with Gasteiger partial charge in [-0.3, -0.25) is 9.59 Å².